The number of benzene rings is 1. The normalized spacial score (nSPS) is 22.8. The van der Waals surface area contributed by atoms with Crippen LogP contribution in [0.1, 0.15) is 77.2 Å². The van der Waals surface area contributed by atoms with Gasteiger partial charge in [0.05, 0.1) is 6.61 Å². The first-order valence-electron chi connectivity index (χ1n) is 9.41. The maximum atomic E-state index is 12.5. The topological polar surface area (TPSA) is 26.3 Å². The lowest BCUT2D eigenvalue weighted by molar-refractivity contribution is -0.126. The predicted octanol–water partition coefficient (Wildman–Crippen LogP) is 5.75. The van der Waals surface area contributed by atoms with Crippen LogP contribution in [0.2, 0.25) is 0 Å². The van der Waals surface area contributed by atoms with E-state index in [1.54, 1.807) is 0 Å². The molecule has 1 aromatic rings. The van der Waals surface area contributed by atoms with E-state index in [1.807, 2.05) is 19.1 Å². The minimum absolute atomic E-state index is 0.338. The minimum Gasteiger partial charge on any atom is -0.494 e. The van der Waals surface area contributed by atoms with Crippen LogP contribution in [0.25, 0.3) is 0 Å². The molecule has 23 heavy (non-hydrogen) atoms. The molecule has 0 heterocycles. The maximum absolute atomic E-state index is 12.5. The summed E-state index contributed by atoms with van der Waals surface area (Å²) in [5, 5.41) is 0. The van der Waals surface area contributed by atoms with Crippen LogP contribution in [0.15, 0.2) is 24.3 Å². The molecule has 1 saturated carbocycles. The third kappa shape index (κ3) is 5.09. The van der Waals surface area contributed by atoms with Gasteiger partial charge in [-0.05, 0) is 55.7 Å². The van der Waals surface area contributed by atoms with Crippen molar-refractivity contribution < 1.29 is 9.53 Å². The van der Waals surface area contributed by atoms with Crippen LogP contribution < -0.4 is 4.74 Å². The Hall–Kier alpha value is -1.31. The van der Waals surface area contributed by atoms with Gasteiger partial charge in [0.2, 0.25) is 0 Å². The molecule has 0 radical (unpaired) electrons. The number of hydrogen-bond donors (Lipinski definition) is 0. The molecule has 1 aliphatic rings. The van der Waals surface area contributed by atoms with Crippen molar-refractivity contribution in [3.63, 3.8) is 0 Å². The van der Waals surface area contributed by atoms with Crippen LogP contribution in [0.5, 0.6) is 5.75 Å². The van der Waals surface area contributed by atoms with Crippen LogP contribution >= 0.6 is 0 Å². The molecule has 0 aliphatic heterocycles. The van der Waals surface area contributed by atoms with E-state index in [0.717, 1.165) is 25.0 Å². The SMILES string of the molecule is CCCCC[C@@H]1CC[C@@H](C(C)c2ccc(OCC)cc2)CC1=O. The fourth-order valence-electron chi connectivity index (χ4n) is 3.78. The fraction of sp³-hybridized carbons (Fsp3) is 0.667. The summed E-state index contributed by atoms with van der Waals surface area (Å²) in [6.45, 7) is 7.19. The Bertz CT molecular complexity index is 477. The Labute approximate surface area is 141 Å². The van der Waals surface area contributed by atoms with Gasteiger partial charge in [-0.3, -0.25) is 4.79 Å². The van der Waals surface area contributed by atoms with Gasteiger partial charge < -0.3 is 4.74 Å². The zero-order chi connectivity index (χ0) is 16.7. The highest BCUT2D eigenvalue weighted by atomic mass is 16.5. The molecule has 1 aliphatic carbocycles. The monoisotopic (exact) mass is 316 g/mol. The number of carbonyl (C=O) groups is 1. The predicted molar refractivity (Wildman–Crippen MR) is 96.0 cm³/mol. The van der Waals surface area contributed by atoms with Gasteiger partial charge >= 0.3 is 0 Å². The van der Waals surface area contributed by atoms with Gasteiger partial charge in [0, 0.05) is 12.3 Å². The molecule has 0 N–H and O–H groups in total. The molecule has 3 atom stereocenters. The summed E-state index contributed by atoms with van der Waals surface area (Å²) in [5.74, 6) is 2.73. The second kappa shape index (κ2) is 9.10. The highest BCUT2D eigenvalue weighted by molar-refractivity contribution is 5.82. The molecule has 128 valence electrons. The van der Waals surface area contributed by atoms with E-state index >= 15 is 0 Å². The average Bonchev–Trinajstić information content (AvgIpc) is 2.57. The van der Waals surface area contributed by atoms with Crippen molar-refractivity contribution in [2.45, 2.75) is 71.6 Å². The van der Waals surface area contributed by atoms with Crippen LogP contribution in [-0.4, -0.2) is 12.4 Å². The zero-order valence-corrected chi connectivity index (χ0v) is 15.0. The molecule has 0 bridgehead atoms. The van der Waals surface area contributed by atoms with E-state index in [9.17, 15) is 4.79 Å². The molecule has 0 spiro atoms. The number of carbonyl (C=O) groups excluding carboxylic acids is 1. The van der Waals surface area contributed by atoms with Gasteiger partial charge in [-0.1, -0.05) is 45.2 Å². The van der Waals surface area contributed by atoms with E-state index in [4.69, 9.17) is 4.74 Å². The van der Waals surface area contributed by atoms with Crippen LogP contribution in [-0.2, 0) is 4.79 Å². The van der Waals surface area contributed by atoms with Gasteiger partial charge in [0.25, 0.3) is 0 Å². The molecule has 1 aromatic carbocycles. The lowest BCUT2D eigenvalue weighted by Gasteiger charge is -2.31. The van der Waals surface area contributed by atoms with Crippen molar-refractivity contribution in [3.8, 4) is 5.75 Å². The summed E-state index contributed by atoms with van der Waals surface area (Å²) in [7, 11) is 0. The molecule has 1 fully saturated rings. The Morgan fingerprint density at radius 1 is 1.13 bits per heavy atom. The van der Waals surface area contributed by atoms with E-state index in [-0.39, 0.29) is 0 Å². The molecule has 0 aromatic heterocycles. The number of unbranched alkanes of at least 4 members (excludes halogenated alkanes) is 2. The molecular formula is C21H32O2. The van der Waals surface area contributed by atoms with Crippen LogP contribution in [0, 0.1) is 11.8 Å². The van der Waals surface area contributed by atoms with Crippen molar-refractivity contribution in [2.24, 2.45) is 11.8 Å². The first-order valence-corrected chi connectivity index (χ1v) is 9.41. The minimum atomic E-state index is 0.338. The molecule has 0 saturated heterocycles. The molecule has 1 unspecified atom stereocenters. The van der Waals surface area contributed by atoms with Crippen LogP contribution in [0.4, 0.5) is 0 Å². The number of rotatable bonds is 8. The Balaban J connectivity index is 1.88. The van der Waals surface area contributed by atoms with Crippen molar-refractivity contribution in [1.29, 1.82) is 0 Å². The number of hydrogen-bond acceptors (Lipinski definition) is 2. The first-order chi connectivity index (χ1) is 11.2. The standard InChI is InChI=1S/C21H32O2/c1-4-6-7-8-18-9-10-19(15-21(18)22)16(3)17-11-13-20(14-12-17)23-5-2/h11-14,16,18-19H,4-10,15H2,1-3H3/t16?,18-,19-/m1/s1. The largest absolute Gasteiger partial charge is 0.494 e. The Morgan fingerprint density at radius 2 is 1.87 bits per heavy atom. The molecule has 2 heteroatoms. The third-order valence-corrected chi connectivity index (χ3v) is 5.38. The lowest BCUT2D eigenvalue weighted by Crippen LogP contribution is -2.27. The fourth-order valence-corrected chi connectivity index (χ4v) is 3.78. The third-order valence-electron chi connectivity index (χ3n) is 5.38. The summed E-state index contributed by atoms with van der Waals surface area (Å²) in [5.41, 5.74) is 1.33. The Morgan fingerprint density at radius 3 is 2.48 bits per heavy atom. The zero-order valence-electron chi connectivity index (χ0n) is 15.0. The van der Waals surface area contributed by atoms with Crippen LogP contribution in [0.3, 0.4) is 0 Å². The van der Waals surface area contributed by atoms with E-state index in [1.165, 1.54) is 31.2 Å². The van der Waals surface area contributed by atoms with Gasteiger partial charge in [-0.15, -0.1) is 0 Å². The number of Topliss-reactive ketones (excluding diaryl/α,β-unsaturated/α-hetero) is 1. The van der Waals surface area contributed by atoms with Crippen molar-refractivity contribution in [2.75, 3.05) is 6.61 Å². The van der Waals surface area contributed by atoms with Gasteiger partial charge in [0.15, 0.2) is 0 Å². The average molecular weight is 316 g/mol. The molecule has 0 amide bonds. The summed E-state index contributed by atoms with van der Waals surface area (Å²) < 4.78 is 5.51. The maximum Gasteiger partial charge on any atom is 0.136 e. The summed E-state index contributed by atoms with van der Waals surface area (Å²) in [6.07, 6.45) is 7.87. The van der Waals surface area contributed by atoms with E-state index < -0.39 is 0 Å². The van der Waals surface area contributed by atoms with Crippen molar-refractivity contribution in [3.05, 3.63) is 29.8 Å². The smallest absolute Gasteiger partial charge is 0.136 e. The second-order valence-electron chi connectivity index (χ2n) is 6.99. The summed E-state index contributed by atoms with van der Waals surface area (Å²) >= 11 is 0. The number of ketones is 1. The Kier molecular flexibility index (Phi) is 7.14. The lowest BCUT2D eigenvalue weighted by atomic mass is 9.72. The van der Waals surface area contributed by atoms with E-state index in [0.29, 0.717) is 30.1 Å². The van der Waals surface area contributed by atoms with Gasteiger partial charge in [0.1, 0.15) is 11.5 Å². The quantitative estimate of drug-likeness (QED) is 0.570. The van der Waals surface area contributed by atoms with Gasteiger partial charge in [-0.25, -0.2) is 0 Å². The van der Waals surface area contributed by atoms with Crippen molar-refractivity contribution in [1.82, 2.24) is 0 Å². The molecule has 2 nitrogen and oxygen atoms in total. The highest BCUT2D eigenvalue weighted by Gasteiger charge is 2.31. The van der Waals surface area contributed by atoms with Gasteiger partial charge in [-0.2, -0.15) is 0 Å². The summed E-state index contributed by atoms with van der Waals surface area (Å²) in [6, 6.07) is 8.42. The molecule has 2 rings (SSSR count). The highest BCUT2D eigenvalue weighted by Crippen LogP contribution is 2.38. The second-order valence-corrected chi connectivity index (χ2v) is 6.99. The first kappa shape index (κ1) is 18.0. The van der Waals surface area contributed by atoms with E-state index in [2.05, 4.69) is 26.0 Å². The van der Waals surface area contributed by atoms with Crippen molar-refractivity contribution >= 4 is 5.78 Å². The number of ether oxygens (including phenoxy) is 1. The summed E-state index contributed by atoms with van der Waals surface area (Å²) in [4.78, 5) is 12.5. The molecular weight excluding hydrogens is 284 g/mol.